The smallest absolute Gasteiger partial charge is 0.459 e. The van der Waals surface area contributed by atoms with E-state index in [1.165, 1.54) is 29.9 Å². The second kappa shape index (κ2) is 12.4. The number of para-hydroxylation sites is 1. The molecule has 1 unspecified atom stereocenters. The summed E-state index contributed by atoms with van der Waals surface area (Å²) in [5, 5.41) is 38.8. The van der Waals surface area contributed by atoms with Crippen LogP contribution < -0.4 is 15.3 Å². The molecule has 14 nitrogen and oxygen atoms in total. The molecule has 3 aromatic rings. The van der Waals surface area contributed by atoms with Crippen molar-refractivity contribution in [2.75, 3.05) is 12.3 Å². The van der Waals surface area contributed by atoms with Crippen molar-refractivity contribution >= 4 is 25.1 Å². The average molecular weight is 629 g/mol. The fourth-order valence-corrected chi connectivity index (χ4v) is 6.93. The van der Waals surface area contributed by atoms with Gasteiger partial charge in [-0.2, -0.15) is 15.4 Å². The second-order valence-electron chi connectivity index (χ2n) is 12.0. The van der Waals surface area contributed by atoms with E-state index < -0.39 is 50.3 Å². The maximum atomic E-state index is 14.1. The minimum atomic E-state index is -4.42. The van der Waals surface area contributed by atoms with Gasteiger partial charge < -0.3 is 29.9 Å². The zero-order valence-electron chi connectivity index (χ0n) is 24.7. The van der Waals surface area contributed by atoms with E-state index in [9.17, 15) is 24.8 Å². The van der Waals surface area contributed by atoms with Crippen LogP contribution in [0.15, 0.2) is 48.8 Å². The van der Waals surface area contributed by atoms with Gasteiger partial charge in [0.15, 0.2) is 5.82 Å². The zero-order valence-corrected chi connectivity index (χ0v) is 25.6. The average Bonchev–Trinajstić information content (AvgIpc) is 3.53. The molecule has 44 heavy (non-hydrogen) atoms. The van der Waals surface area contributed by atoms with Gasteiger partial charge in [0, 0.05) is 0 Å². The quantitative estimate of drug-likeness (QED) is 0.189. The number of nitrogens with zero attached hydrogens (tertiary/aromatic N) is 4. The van der Waals surface area contributed by atoms with E-state index in [2.05, 4.69) is 29.0 Å². The molecule has 1 saturated carbocycles. The van der Waals surface area contributed by atoms with Gasteiger partial charge in [-0.05, 0) is 62.3 Å². The number of ether oxygens (including phenoxy) is 2. The van der Waals surface area contributed by atoms with E-state index in [4.69, 9.17) is 24.3 Å². The molecule has 2 fully saturated rings. The first-order valence-corrected chi connectivity index (χ1v) is 15.9. The number of benzene rings is 1. The van der Waals surface area contributed by atoms with E-state index >= 15 is 0 Å². The highest BCUT2D eigenvalue weighted by Gasteiger charge is 2.57. The number of rotatable bonds is 10. The summed E-state index contributed by atoms with van der Waals surface area (Å²) in [5.41, 5.74) is 4.64. The maximum absolute atomic E-state index is 14.1. The van der Waals surface area contributed by atoms with Gasteiger partial charge >= 0.3 is 13.7 Å². The number of carbonyl (C=O) groups excluding carboxylic acids is 1. The normalized spacial score (nSPS) is 27.3. The van der Waals surface area contributed by atoms with E-state index in [1.54, 1.807) is 30.3 Å². The Morgan fingerprint density at radius 1 is 1.25 bits per heavy atom. The molecule has 5 rings (SSSR count). The van der Waals surface area contributed by atoms with Crippen LogP contribution in [0.2, 0.25) is 0 Å². The highest BCUT2D eigenvalue weighted by molar-refractivity contribution is 7.52. The van der Waals surface area contributed by atoms with Crippen LogP contribution in [0.25, 0.3) is 5.52 Å². The number of nitriles is 1. The van der Waals surface area contributed by atoms with E-state index in [-0.39, 0.29) is 23.1 Å². The van der Waals surface area contributed by atoms with E-state index in [1.807, 2.05) is 6.07 Å². The largest absolute Gasteiger partial charge is 0.461 e. The molecular weight excluding hydrogens is 591 g/mol. The lowest BCUT2D eigenvalue weighted by atomic mass is 9.76. The Hall–Kier alpha value is -3.57. The van der Waals surface area contributed by atoms with Gasteiger partial charge in [0.05, 0.1) is 5.69 Å². The molecule has 2 aliphatic rings. The Morgan fingerprint density at radius 2 is 1.95 bits per heavy atom. The third-order valence-electron chi connectivity index (χ3n) is 8.13. The fraction of sp³-hybridized carbons (Fsp3) is 0.517. The van der Waals surface area contributed by atoms with Crippen molar-refractivity contribution in [1.82, 2.24) is 19.7 Å². The van der Waals surface area contributed by atoms with Gasteiger partial charge in [0.1, 0.15) is 60.7 Å². The number of aliphatic hydroxyl groups is 2. The summed E-state index contributed by atoms with van der Waals surface area (Å²) >= 11 is 0. The van der Waals surface area contributed by atoms with Crippen LogP contribution in [-0.4, -0.2) is 67.3 Å². The number of hydrogen-bond donors (Lipinski definition) is 4. The summed E-state index contributed by atoms with van der Waals surface area (Å²) in [6.45, 7) is 5.02. The van der Waals surface area contributed by atoms with Crippen molar-refractivity contribution in [3.8, 4) is 11.8 Å². The Morgan fingerprint density at radius 3 is 2.64 bits per heavy atom. The second-order valence-corrected chi connectivity index (χ2v) is 13.7. The standard InChI is InChI=1S/C29H37N6O8P/c1-18(27(38)41-19-11-13-28(2,3)14-12-19)34-44(39,43-20-7-5-4-6-8-20)40-16-29(15-30)25(37)23(36)24(42-29)21-9-10-22-26(31)32-17-33-35(21)22/h4-10,17-19,23-25,36-37H,11-14,16H2,1-3H3,(H,34,39)(H2,31,32,33)/t18-,23-,24-,25-,29+,44?/m0/s1. The number of carbonyl (C=O) groups is 1. The van der Waals surface area contributed by atoms with Crippen LogP contribution in [-0.2, 0) is 23.4 Å². The van der Waals surface area contributed by atoms with Crippen molar-refractivity contribution in [3.05, 3.63) is 54.5 Å². The van der Waals surface area contributed by atoms with Gasteiger partial charge in [-0.25, -0.2) is 14.1 Å². The van der Waals surface area contributed by atoms with Crippen molar-refractivity contribution in [2.24, 2.45) is 5.41 Å². The molecule has 1 saturated heterocycles. The molecule has 236 valence electrons. The molecule has 1 aromatic carbocycles. The lowest BCUT2D eigenvalue weighted by molar-refractivity contribution is -0.153. The molecule has 0 amide bonds. The Labute approximate surface area is 254 Å². The highest BCUT2D eigenvalue weighted by atomic mass is 31.2. The Balaban J connectivity index is 1.33. The topological polar surface area (TPSA) is 204 Å². The lowest BCUT2D eigenvalue weighted by Gasteiger charge is -2.34. The fourth-order valence-electron chi connectivity index (χ4n) is 5.41. The first-order chi connectivity index (χ1) is 20.9. The van der Waals surface area contributed by atoms with Gasteiger partial charge in [0.2, 0.25) is 5.60 Å². The van der Waals surface area contributed by atoms with Gasteiger partial charge in [-0.1, -0.05) is 32.0 Å². The predicted octanol–water partition coefficient (Wildman–Crippen LogP) is 3.06. The molecule has 6 atom stereocenters. The van der Waals surface area contributed by atoms with Crippen LogP contribution >= 0.6 is 7.75 Å². The monoisotopic (exact) mass is 628 g/mol. The zero-order chi connectivity index (χ0) is 31.7. The molecule has 1 aliphatic carbocycles. The highest BCUT2D eigenvalue weighted by Crippen LogP contribution is 2.48. The van der Waals surface area contributed by atoms with Gasteiger partial charge in [0.25, 0.3) is 0 Å². The summed E-state index contributed by atoms with van der Waals surface area (Å²) < 4.78 is 38.5. The summed E-state index contributed by atoms with van der Waals surface area (Å²) in [6, 6.07) is 12.0. The number of nitrogen functional groups attached to an aromatic ring is 1. The molecule has 15 heteroatoms. The number of aliphatic hydroxyl groups excluding tert-OH is 2. The van der Waals surface area contributed by atoms with Crippen LogP contribution in [0.4, 0.5) is 5.82 Å². The summed E-state index contributed by atoms with van der Waals surface area (Å²) in [4.78, 5) is 16.9. The van der Waals surface area contributed by atoms with Crippen molar-refractivity contribution < 1.29 is 38.1 Å². The third-order valence-corrected chi connectivity index (χ3v) is 9.76. The Kier molecular flexibility index (Phi) is 9.00. The van der Waals surface area contributed by atoms with Crippen molar-refractivity contribution in [3.63, 3.8) is 0 Å². The van der Waals surface area contributed by atoms with Gasteiger partial charge in [-0.3, -0.25) is 9.32 Å². The molecule has 0 spiro atoms. The minimum Gasteiger partial charge on any atom is -0.461 e. The molecule has 3 heterocycles. The number of nitrogens with one attached hydrogen (secondary N) is 1. The van der Waals surface area contributed by atoms with Crippen LogP contribution in [0.3, 0.4) is 0 Å². The molecule has 1 aliphatic heterocycles. The van der Waals surface area contributed by atoms with E-state index in [0.29, 0.717) is 11.2 Å². The predicted molar refractivity (Wildman–Crippen MR) is 157 cm³/mol. The van der Waals surface area contributed by atoms with Crippen LogP contribution in [0, 0.1) is 16.7 Å². The SMILES string of the molecule is C[C@H](NP(=O)(OC[C@@]1(C#N)O[C@@H](c2ccc3c(N)ncnn23)[C@H](O)[C@@H]1O)Oc1ccccc1)C(=O)OC1CCC(C)(C)CC1. The molecular formula is C29H37N6O8P. The maximum Gasteiger partial charge on any atom is 0.459 e. The number of fused-ring (bicyclic) bond motifs is 1. The number of nitrogens with two attached hydrogens (primary N) is 1. The van der Waals surface area contributed by atoms with E-state index in [0.717, 1.165) is 25.7 Å². The number of esters is 1. The first kappa shape index (κ1) is 31.8. The van der Waals surface area contributed by atoms with Crippen LogP contribution in [0.1, 0.15) is 58.3 Å². The van der Waals surface area contributed by atoms with Crippen molar-refractivity contribution in [2.45, 2.75) is 82.5 Å². The minimum absolute atomic E-state index is 0.159. The summed E-state index contributed by atoms with van der Waals surface area (Å²) in [6.07, 6.45) is -0.390. The van der Waals surface area contributed by atoms with Gasteiger partial charge in [-0.15, -0.1) is 0 Å². The third kappa shape index (κ3) is 6.58. The molecule has 0 bridgehead atoms. The number of aromatic nitrogens is 3. The van der Waals surface area contributed by atoms with Crippen LogP contribution in [0.5, 0.6) is 5.75 Å². The molecule has 5 N–H and O–H groups in total. The summed E-state index contributed by atoms with van der Waals surface area (Å²) in [7, 11) is -4.42. The number of anilines is 1. The summed E-state index contributed by atoms with van der Waals surface area (Å²) in [5.74, 6) is -0.300. The molecule has 0 radical (unpaired) electrons. The number of hydrogen-bond acceptors (Lipinski definition) is 12. The molecule has 2 aromatic heterocycles. The lowest BCUT2D eigenvalue weighted by Crippen LogP contribution is -2.46. The first-order valence-electron chi connectivity index (χ1n) is 14.4. The van der Waals surface area contributed by atoms with Crippen molar-refractivity contribution in [1.29, 1.82) is 5.26 Å². The Bertz CT molecular complexity index is 1570.